The van der Waals surface area contributed by atoms with E-state index in [2.05, 4.69) is 0 Å². The second kappa shape index (κ2) is 6.61. The highest BCUT2D eigenvalue weighted by atomic mass is 19.4. The number of hydrogen-bond acceptors (Lipinski definition) is 2. The molecule has 1 aromatic rings. The van der Waals surface area contributed by atoms with Crippen LogP contribution < -0.4 is 0 Å². The van der Waals surface area contributed by atoms with E-state index in [1.165, 1.54) is 0 Å². The number of ether oxygens (including phenoxy) is 1. The van der Waals surface area contributed by atoms with Crippen LogP contribution in [0.25, 0.3) is 0 Å². The summed E-state index contributed by atoms with van der Waals surface area (Å²) in [5.74, 6) is 0. The van der Waals surface area contributed by atoms with Gasteiger partial charge in [0.2, 0.25) is 0 Å². The van der Waals surface area contributed by atoms with Crippen LogP contribution in [0, 0.1) is 6.42 Å². The normalized spacial score (nSPS) is 13.6. The maximum absolute atomic E-state index is 11.9. The Morgan fingerprint density at radius 2 is 1.88 bits per heavy atom. The van der Waals surface area contributed by atoms with Crippen LogP contribution >= 0.6 is 0 Å². The van der Waals surface area contributed by atoms with Crippen molar-refractivity contribution in [2.75, 3.05) is 6.61 Å². The molecule has 5 heteroatoms. The van der Waals surface area contributed by atoms with Crippen molar-refractivity contribution in [3.8, 4) is 0 Å². The summed E-state index contributed by atoms with van der Waals surface area (Å²) in [4.78, 5) is 0. The summed E-state index contributed by atoms with van der Waals surface area (Å²) in [5, 5.41) is 8.67. The monoisotopic (exact) mass is 247 g/mol. The predicted octanol–water partition coefficient (Wildman–Crippen LogP) is 2.72. The molecule has 0 heterocycles. The van der Waals surface area contributed by atoms with Crippen LogP contribution in [-0.4, -0.2) is 24.0 Å². The summed E-state index contributed by atoms with van der Waals surface area (Å²) in [6.07, 6.45) is -6.10. The lowest BCUT2D eigenvalue weighted by molar-refractivity contribution is -0.193. The summed E-state index contributed by atoms with van der Waals surface area (Å²) < 4.78 is 40.9. The molecule has 2 nitrogen and oxygen atoms in total. The van der Waals surface area contributed by atoms with E-state index in [4.69, 9.17) is 9.84 Å². The molecule has 0 aliphatic heterocycles. The van der Waals surface area contributed by atoms with E-state index < -0.39 is 12.3 Å². The maximum atomic E-state index is 11.9. The average Bonchev–Trinajstić information content (AvgIpc) is 2.28. The van der Waals surface area contributed by atoms with E-state index in [9.17, 15) is 13.2 Å². The van der Waals surface area contributed by atoms with Gasteiger partial charge in [-0.05, 0) is 12.0 Å². The lowest BCUT2D eigenvalue weighted by Crippen LogP contribution is -2.29. The second-order valence-electron chi connectivity index (χ2n) is 3.55. The molecule has 1 aromatic carbocycles. The van der Waals surface area contributed by atoms with Gasteiger partial charge in [0.25, 0.3) is 0 Å². The van der Waals surface area contributed by atoms with Gasteiger partial charge >= 0.3 is 6.18 Å². The first kappa shape index (κ1) is 14.0. The molecule has 1 rings (SSSR count). The molecule has 1 N–H and O–H groups in total. The third kappa shape index (κ3) is 5.70. The van der Waals surface area contributed by atoms with E-state index in [0.29, 0.717) is 6.61 Å². The molecule has 0 bridgehead atoms. The Hall–Kier alpha value is -1.07. The molecule has 0 unspecified atom stereocenters. The zero-order chi connectivity index (χ0) is 12.7. The van der Waals surface area contributed by atoms with E-state index >= 15 is 0 Å². The smallest absolute Gasteiger partial charge is 0.383 e. The van der Waals surface area contributed by atoms with Crippen molar-refractivity contribution >= 4 is 0 Å². The van der Waals surface area contributed by atoms with Gasteiger partial charge in [0.1, 0.15) is 0 Å². The average molecular weight is 247 g/mol. The fraction of sp³-hybridized carbons (Fsp3) is 0.417. The van der Waals surface area contributed by atoms with Gasteiger partial charge in [-0.15, -0.1) is 0 Å². The van der Waals surface area contributed by atoms with Crippen LogP contribution in [0.4, 0.5) is 13.2 Å². The van der Waals surface area contributed by atoms with E-state index in [-0.39, 0.29) is 13.0 Å². The summed E-state index contributed by atoms with van der Waals surface area (Å²) in [6, 6.07) is 9.33. The Morgan fingerprint density at radius 1 is 1.24 bits per heavy atom. The largest absolute Gasteiger partial charge is 0.414 e. The summed E-state index contributed by atoms with van der Waals surface area (Å²) in [6.45, 7) is 0.513. The molecule has 17 heavy (non-hydrogen) atoms. The number of hydrogen-bond donors (Lipinski definition) is 1. The molecule has 0 aliphatic carbocycles. The minimum atomic E-state index is -4.58. The van der Waals surface area contributed by atoms with E-state index in [1.54, 1.807) is 0 Å². The highest BCUT2D eigenvalue weighted by molar-refractivity contribution is 5.13. The zero-order valence-electron chi connectivity index (χ0n) is 9.15. The minimum Gasteiger partial charge on any atom is -0.383 e. The Bertz CT molecular complexity index is 311. The fourth-order valence-electron chi connectivity index (χ4n) is 1.21. The van der Waals surface area contributed by atoms with Gasteiger partial charge in [-0.2, -0.15) is 13.2 Å². The molecule has 0 fully saturated rings. The molecule has 0 saturated carbocycles. The first-order valence-electron chi connectivity index (χ1n) is 5.20. The Morgan fingerprint density at radius 3 is 2.47 bits per heavy atom. The van der Waals surface area contributed by atoms with Gasteiger partial charge in [-0.25, -0.2) is 0 Å². The lowest BCUT2D eigenvalue weighted by Gasteiger charge is -2.13. The first-order chi connectivity index (χ1) is 8.00. The van der Waals surface area contributed by atoms with Crippen molar-refractivity contribution in [1.82, 2.24) is 0 Å². The number of benzene rings is 1. The van der Waals surface area contributed by atoms with Crippen molar-refractivity contribution in [2.45, 2.75) is 25.3 Å². The van der Waals surface area contributed by atoms with Crippen molar-refractivity contribution in [3.63, 3.8) is 0 Å². The molecular formula is C12H14F3O2. The number of rotatable bonds is 6. The molecule has 1 radical (unpaired) electrons. The van der Waals surface area contributed by atoms with Gasteiger partial charge in [0, 0.05) is 13.0 Å². The van der Waals surface area contributed by atoms with E-state index in [0.717, 1.165) is 12.0 Å². The summed E-state index contributed by atoms with van der Waals surface area (Å²) in [7, 11) is 0. The van der Waals surface area contributed by atoms with Crippen molar-refractivity contribution in [3.05, 3.63) is 42.3 Å². The Labute approximate surface area is 98.0 Å². The maximum Gasteiger partial charge on any atom is 0.414 e. The highest BCUT2D eigenvalue weighted by Gasteiger charge is 2.37. The van der Waals surface area contributed by atoms with Crippen LogP contribution in [-0.2, 0) is 11.3 Å². The predicted molar refractivity (Wildman–Crippen MR) is 57.1 cm³/mol. The SMILES string of the molecule is O[C@@H]([CH]CCOCc1ccccc1)C(F)(F)F. The Kier molecular flexibility index (Phi) is 5.44. The molecule has 95 valence electrons. The molecule has 0 amide bonds. The second-order valence-corrected chi connectivity index (χ2v) is 3.55. The molecule has 0 saturated heterocycles. The van der Waals surface area contributed by atoms with Crippen LogP contribution in [0.3, 0.4) is 0 Å². The van der Waals surface area contributed by atoms with Gasteiger partial charge in [-0.1, -0.05) is 30.3 Å². The van der Waals surface area contributed by atoms with Crippen LogP contribution in [0.1, 0.15) is 12.0 Å². The Balaban J connectivity index is 2.09. The van der Waals surface area contributed by atoms with Crippen molar-refractivity contribution < 1.29 is 23.0 Å². The number of aliphatic hydroxyl groups is 1. The molecule has 1 atom stereocenters. The zero-order valence-corrected chi connectivity index (χ0v) is 9.15. The molecular weight excluding hydrogens is 233 g/mol. The number of alkyl halides is 3. The van der Waals surface area contributed by atoms with Crippen LogP contribution in [0.5, 0.6) is 0 Å². The number of aliphatic hydroxyl groups excluding tert-OH is 1. The van der Waals surface area contributed by atoms with Crippen LogP contribution in [0.2, 0.25) is 0 Å². The van der Waals surface area contributed by atoms with Crippen molar-refractivity contribution in [2.24, 2.45) is 0 Å². The van der Waals surface area contributed by atoms with E-state index in [1.807, 2.05) is 30.3 Å². The quantitative estimate of drug-likeness (QED) is 0.783. The van der Waals surface area contributed by atoms with Crippen LogP contribution in [0.15, 0.2) is 30.3 Å². The summed E-state index contributed by atoms with van der Waals surface area (Å²) >= 11 is 0. The third-order valence-corrected chi connectivity index (χ3v) is 2.10. The molecule has 0 aliphatic rings. The molecule has 0 aromatic heterocycles. The molecule has 0 spiro atoms. The minimum absolute atomic E-state index is 0.0630. The van der Waals surface area contributed by atoms with Crippen molar-refractivity contribution in [1.29, 1.82) is 0 Å². The fourth-order valence-corrected chi connectivity index (χ4v) is 1.21. The topological polar surface area (TPSA) is 29.5 Å². The first-order valence-corrected chi connectivity index (χ1v) is 5.20. The highest BCUT2D eigenvalue weighted by Crippen LogP contribution is 2.22. The van der Waals surface area contributed by atoms with Gasteiger partial charge < -0.3 is 9.84 Å². The van der Waals surface area contributed by atoms with Gasteiger partial charge in [0.15, 0.2) is 6.10 Å². The lowest BCUT2D eigenvalue weighted by atomic mass is 10.2. The number of halogens is 3. The summed E-state index contributed by atoms with van der Waals surface area (Å²) in [5.41, 5.74) is 0.962. The standard InChI is InChI=1S/C12H14F3O2/c13-12(14,15)11(16)7-4-8-17-9-10-5-2-1-3-6-10/h1-3,5-7,11,16H,4,8-9H2/t11-/m0/s1. The van der Waals surface area contributed by atoms with Gasteiger partial charge in [-0.3, -0.25) is 0 Å². The third-order valence-electron chi connectivity index (χ3n) is 2.10. The van der Waals surface area contributed by atoms with Gasteiger partial charge in [0.05, 0.1) is 6.61 Å².